The Kier molecular flexibility index (Phi) is 6.96. The molecule has 0 atom stereocenters. The average Bonchev–Trinajstić information content (AvgIpc) is 2.73. The van der Waals surface area contributed by atoms with Crippen LogP contribution in [0.1, 0.15) is 21.5 Å². The summed E-state index contributed by atoms with van der Waals surface area (Å²) in [5, 5.41) is 5.85. The van der Waals surface area contributed by atoms with Crippen molar-refractivity contribution in [2.75, 3.05) is 16.4 Å². The SMILES string of the molecule is Cc1ccc(SCC(=O)Nc2cccc(C(=O)Nc3cccc(C(F)(F)F)c3)c2)nc1. The maximum absolute atomic E-state index is 12.8. The van der Waals surface area contributed by atoms with Gasteiger partial charge in [-0.2, -0.15) is 13.2 Å². The molecule has 2 N–H and O–H groups in total. The van der Waals surface area contributed by atoms with Crippen LogP contribution in [0.2, 0.25) is 0 Å². The number of anilines is 2. The summed E-state index contributed by atoms with van der Waals surface area (Å²) in [7, 11) is 0. The Morgan fingerprint density at radius 2 is 1.68 bits per heavy atom. The van der Waals surface area contributed by atoms with Crippen molar-refractivity contribution in [1.82, 2.24) is 4.98 Å². The number of alkyl halides is 3. The van der Waals surface area contributed by atoms with Crippen molar-refractivity contribution < 1.29 is 22.8 Å². The maximum atomic E-state index is 12.8. The van der Waals surface area contributed by atoms with Crippen LogP contribution in [0.5, 0.6) is 0 Å². The van der Waals surface area contributed by atoms with Gasteiger partial charge in [0.2, 0.25) is 5.91 Å². The number of thioether (sulfide) groups is 1. The number of carbonyl (C=O) groups excluding carboxylic acids is 2. The summed E-state index contributed by atoms with van der Waals surface area (Å²) >= 11 is 1.28. The average molecular weight is 445 g/mol. The number of nitrogens with zero attached hydrogens (tertiary/aromatic N) is 1. The lowest BCUT2D eigenvalue weighted by atomic mass is 10.1. The number of aromatic nitrogens is 1. The van der Waals surface area contributed by atoms with Gasteiger partial charge in [-0.25, -0.2) is 4.98 Å². The van der Waals surface area contributed by atoms with E-state index in [9.17, 15) is 22.8 Å². The fraction of sp³-hybridized carbons (Fsp3) is 0.136. The third kappa shape index (κ3) is 6.58. The molecule has 1 heterocycles. The van der Waals surface area contributed by atoms with E-state index in [4.69, 9.17) is 0 Å². The molecule has 5 nitrogen and oxygen atoms in total. The van der Waals surface area contributed by atoms with Gasteiger partial charge >= 0.3 is 6.18 Å². The molecule has 2 amide bonds. The van der Waals surface area contributed by atoms with Crippen molar-refractivity contribution in [2.24, 2.45) is 0 Å². The van der Waals surface area contributed by atoms with Crippen LogP contribution >= 0.6 is 11.8 Å². The summed E-state index contributed by atoms with van der Waals surface area (Å²) in [6, 6.07) is 14.3. The van der Waals surface area contributed by atoms with E-state index in [1.54, 1.807) is 18.3 Å². The number of benzene rings is 2. The Balaban J connectivity index is 1.61. The predicted octanol–water partition coefficient (Wildman–Crippen LogP) is 5.39. The molecule has 0 bridgehead atoms. The first-order chi connectivity index (χ1) is 14.7. The standard InChI is InChI=1S/C22H18F3N3O2S/c1-14-8-9-20(26-12-14)31-13-19(29)27-17-6-2-4-15(10-17)21(30)28-18-7-3-5-16(11-18)22(23,24)25/h2-12H,13H2,1H3,(H,27,29)(H,28,30). The summed E-state index contributed by atoms with van der Waals surface area (Å²) in [6.45, 7) is 1.92. The molecule has 2 aromatic carbocycles. The zero-order valence-corrected chi connectivity index (χ0v) is 17.2. The molecule has 9 heteroatoms. The first kappa shape index (κ1) is 22.4. The predicted molar refractivity (Wildman–Crippen MR) is 114 cm³/mol. The molecule has 0 aliphatic heterocycles. The summed E-state index contributed by atoms with van der Waals surface area (Å²) < 4.78 is 38.5. The minimum Gasteiger partial charge on any atom is -0.325 e. The Bertz CT molecular complexity index is 1090. The van der Waals surface area contributed by atoms with Gasteiger partial charge in [-0.15, -0.1) is 0 Å². The van der Waals surface area contributed by atoms with Crippen molar-refractivity contribution >= 4 is 35.0 Å². The second-order valence-electron chi connectivity index (χ2n) is 6.62. The van der Waals surface area contributed by atoms with Crippen molar-refractivity contribution in [3.05, 3.63) is 83.6 Å². The number of hydrogen-bond acceptors (Lipinski definition) is 4. The van der Waals surface area contributed by atoms with E-state index in [2.05, 4.69) is 15.6 Å². The molecule has 0 saturated carbocycles. The third-order valence-corrected chi connectivity index (χ3v) is 5.04. The number of hydrogen-bond donors (Lipinski definition) is 2. The molecular weight excluding hydrogens is 427 g/mol. The second-order valence-corrected chi connectivity index (χ2v) is 7.62. The van der Waals surface area contributed by atoms with Gasteiger partial charge in [0.05, 0.1) is 16.3 Å². The van der Waals surface area contributed by atoms with Crippen molar-refractivity contribution in [3.63, 3.8) is 0 Å². The highest BCUT2D eigenvalue weighted by Gasteiger charge is 2.30. The lowest BCUT2D eigenvalue weighted by Gasteiger charge is -2.11. The van der Waals surface area contributed by atoms with E-state index in [1.165, 1.54) is 36.0 Å². The zero-order valence-electron chi connectivity index (χ0n) is 16.4. The van der Waals surface area contributed by atoms with Gasteiger partial charge in [0.15, 0.2) is 0 Å². The Morgan fingerprint density at radius 3 is 2.35 bits per heavy atom. The van der Waals surface area contributed by atoms with Gasteiger partial charge in [0, 0.05) is 23.1 Å². The van der Waals surface area contributed by atoms with E-state index in [0.29, 0.717) is 5.69 Å². The number of rotatable bonds is 6. The van der Waals surface area contributed by atoms with Crippen LogP contribution in [0.25, 0.3) is 0 Å². The van der Waals surface area contributed by atoms with Crippen molar-refractivity contribution in [2.45, 2.75) is 18.1 Å². The van der Waals surface area contributed by atoms with Gasteiger partial charge in [-0.1, -0.05) is 30.0 Å². The molecule has 0 unspecified atom stereocenters. The largest absolute Gasteiger partial charge is 0.416 e. The second kappa shape index (κ2) is 9.65. The third-order valence-electron chi connectivity index (χ3n) is 4.09. The van der Waals surface area contributed by atoms with Crippen LogP contribution in [0, 0.1) is 6.92 Å². The number of halogens is 3. The first-order valence-electron chi connectivity index (χ1n) is 9.15. The molecule has 31 heavy (non-hydrogen) atoms. The summed E-state index contributed by atoms with van der Waals surface area (Å²) in [5.74, 6) is -0.729. The number of nitrogens with one attached hydrogen (secondary N) is 2. The minimum atomic E-state index is -4.50. The van der Waals surface area contributed by atoms with Crippen LogP contribution < -0.4 is 10.6 Å². The summed E-state index contributed by atoms with van der Waals surface area (Å²) in [4.78, 5) is 28.8. The fourth-order valence-corrected chi connectivity index (χ4v) is 3.23. The highest BCUT2D eigenvalue weighted by atomic mass is 32.2. The Labute approximate surface area is 181 Å². The van der Waals surface area contributed by atoms with Crippen LogP contribution in [0.3, 0.4) is 0 Å². The molecule has 0 aliphatic carbocycles. The first-order valence-corrected chi connectivity index (χ1v) is 10.1. The topological polar surface area (TPSA) is 71.1 Å². The number of pyridine rings is 1. The Morgan fingerprint density at radius 1 is 0.968 bits per heavy atom. The van der Waals surface area contributed by atoms with Crippen LogP contribution in [0.15, 0.2) is 71.9 Å². The molecule has 160 valence electrons. The van der Waals surface area contributed by atoms with E-state index >= 15 is 0 Å². The van der Waals surface area contributed by atoms with Gasteiger partial charge in [0.25, 0.3) is 5.91 Å². The minimum absolute atomic E-state index is 0.0243. The molecule has 0 fully saturated rings. The Hall–Kier alpha value is -3.33. The van der Waals surface area contributed by atoms with Crippen molar-refractivity contribution in [1.29, 1.82) is 0 Å². The molecule has 0 saturated heterocycles. The van der Waals surface area contributed by atoms with E-state index < -0.39 is 17.6 Å². The zero-order chi connectivity index (χ0) is 22.4. The normalized spacial score (nSPS) is 11.1. The lowest BCUT2D eigenvalue weighted by Crippen LogP contribution is -2.16. The van der Waals surface area contributed by atoms with E-state index in [1.807, 2.05) is 19.1 Å². The molecule has 1 aromatic heterocycles. The van der Waals surface area contributed by atoms with Crippen LogP contribution in [0.4, 0.5) is 24.5 Å². The number of aryl methyl sites for hydroxylation is 1. The van der Waals surface area contributed by atoms with E-state index in [-0.39, 0.29) is 22.9 Å². The fourth-order valence-electron chi connectivity index (χ4n) is 2.59. The van der Waals surface area contributed by atoms with Gasteiger partial charge in [-0.05, 0) is 55.0 Å². The molecule has 3 aromatic rings. The van der Waals surface area contributed by atoms with Gasteiger partial charge < -0.3 is 10.6 Å². The lowest BCUT2D eigenvalue weighted by molar-refractivity contribution is -0.137. The smallest absolute Gasteiger partial charge is 0.325 e. The van der Waals surface area contributed by atoms with Gasteiger partial charge in [-0.3, -0.25) is 9.59 Å². The highest BCUT2D eigenvalue weighted by molar-refractivity contribution is 7.99. The summed E-state index contributed by atoms with van der Waals surface area (Å²) in [6.07, 6.45) is -2.79. The number of amides is 2. The monoisotopic (exact) mass is 445 g/mol. The highest BCUT2D eigenvalue weighted by Crippen LogP contribution is 2.30. The van der Waals surface area contributed by atoms with Crippen LogP contribution in [-0.4, -0.2) is 22.6 Å². The van der Waals surface area contributed by atoms with Gasteiger partial charge in [0.1, 0.15) is 0 Å². The quantitative estimate of drug-likeness (QED) is 0.499. The number of carbonyl (C=O) groups is 2. The van der Waals surface area contributed by atoms with Crippen molar-refractivity contribution in [3.8, 4) is 0 Å². The summed E-state index contributed by atoms with van der Waals surface area (Å²) in [5.41, 5.74) is 0.791. The molecule has 0 radical (unpaired) electrons. The molecule has 0 aliphatic rings. The molecule has 3 rings (SSSR count). The van der Waals surface area contributed by atoms with E-state index in [0.717, 1.165) is 22.7 Å². The maximum Gasteiger partial charge on any atom is 0.416 e. The molecule has 0 spiro atoms. The molecular formula is C22H18F3N3O2S. The van der Waals surface area contributed by atoms with Crippen LogP contribution in [-0.2, 0) is 11.0 Å².